The molecule has 162 valence electrons. The maximum atomic E-state index is 13.4. The van der Waals surface area contributed by atoms with E-state index in [2.05, 4.69) is 20.3 Å². The van der Waals surface area contributed by atoms with Crippen molar-refractivity contribution in [3.63, 3.8) is 0 Å². The number of nitrogens with one attached hydrogen (secondary N) is 2. The smallest absolute Gasteiger partial charge is 0.269 e. The van der Waals surface area contributed by atoms with E-state index < -0.39 is 0 Å². The van der Waals surface area contributed by atoms with Crippen molar-refractivity contribution in [2.45, 2.75) is 18.4 Å². The molecule has 8 nitrogen and oxygen atoms in total. The van der Waals surface area contributed by atoms with E-state index >= 15 is 0 Å². The average Bonchev–Trinajstić information content (AvgIpc) is 3.51. The molecule has 1 aliphatic heterocycles. The Labute approximate surface area is 189 Å². The lowest BCUT2D eigenvalue weighted by Crippen LogP contribution is -2.53. The molecule has 9 heteroatoms. The number of H-pyrrole nitrogens is 1. The highest BCUT2D eigenvalue weighted by Gasteiger charge is 2.34. The summed E-state index contributed by atoms with van der Waals surface area (Å²) >= 11 is 6.07. The zero-order valence-corrected chi connectivity index (χ0v) is 17.9. The molecule has 2 unspecified atom stereocenters. The number of carbonyl (C=O) groups is 2. The third-order valence-corrected chi connectivity index (χ3v) is 6.19. The van der Waals surface area contributed by atoms with Crippen LogP contribution in [-0.4, -0.2) is 55.2 Å². The Morgan fingerprint density at radius 1 is 1.12 bits per heavy atom. The van der Waals surface area contributed by atoms with Crippen molar-refractivity contribution in [2.75, 3.05) is 13.1 Å². The molecule has 32 heavy (non-hydrogen) atoms. The van der Waals surface area contributed by atoms with Gasteiger partial charge in [0.2, 0.25) is 0 Å². The second-order valence-corrected chi connectivity index (χ2v) is 8.29. The summed E-state index contributed by atoms with van der Waals surface area (Å²) in [6, 6.07) is 11.0. The van der Waals surface area contributed by atoms with Gasteiger partial charge in [0.05, 0.1) is 42.2 Å². The molecule has 0 spiro atoms. The van der Waals surface area contributed by atoms with Crippen molar-refractivity contribution < 1.29 is 9.59 Å². The molecule has 0 radical (unpaired) electrons. The quantitative estimate of drug-likeness (QED) is 0.501. The average molecular weight is 449 g/mol. The number of benzene rings is 1. The molecule has 2 N–H and O–H groups in total. The third kappa shape index (κ3) is 3.85. The van der Waals surface area contributed by atoms with Crippen LogP contribution in [0.25, 0.3) is 5.52 Å². The fraction of sp³-hybridized carbons (Fsp3) is 0.217. The Kier molecular flexibility index (Phi) is 5.36. The van der Waals surface area contributed by atoms with Gasteiger partial charge in [-0.2, -0.15) is 0 Å². The van der Waals surface area contributed by atoms with Gasteiger partial charge in [-0.1, -0.05) is 23.7 Å². The van der Waals surface area contributed by atoms with Gasteiger partial charge in [0.15, 0.2) is 0 Å². The van der Waals surface area contributed by atoms with Crippen molar-refractivity contribution in [1.82, 2.24) is 29.6 Å². The van der Waals surface area contributed by atoms with Gasteiger partial charge in [-0.15, -0.1) is 0 Å². The van der Waals surface area contributed by atoms with Crippen LogP contribution in [0.1, 0.15) is 38.7 Å². The summed E-state index contributed by atoms with van der Waals surface area (Å²) in [7, 11) is 0. The van der Waals surface area contributed by atoms with E-state index in [1.807, 2.05) is 47.0 Å². The minimum Gasteiger partial charge on any atom is -0.346 e. The lowest BCUT2D eigenvalue weighted by Gasteiger charge is -2.39. The number of nitrogens with zero attached hydrogens (tertiary/aromatic N) is 4. The highest BCUT2D eigenvalue weighted by atomic mass is 35.5. The van der Waals surface area contributed by atoms with Gasteiger partial charge in [0.25, 0.3) is 11.8 Å². The van der Waals surface area contributed by atoms with Crippen LogP contribution < -0.4 is 5.32 Å². The number of halogens is 1. The lowest BCUT2D eigenvalue weighted by molar-refractivity contribution is 0.0656. The maximum Gasteiger partial charge on any atom is 0.269 e. The molecule has 0 bridgehead atoms. The Hall–Kier alpha value is -3.65. The van der Waals surface area contributed by atoms with E-state index in [4.69, 9.17) is 11.6 Å². The predicted octanol–water partition coefficient (Wildman–Crippen LogP) is 3.14. The summed E-state index contributed by atoms with van der Waals surface area (Å²) in [4.78, 5) is 38.9. The summed E-state index contributed by atoms with van der Waals surface area (Å²) in [6.45, 7) is 0.971. The lowest BCUT2D eigenvalue weighted by atomic mass is 9.85. The fourth-order valence-corrected chi connectivity index (χ4v) is 4.44. The minimum atomic E-state index is -0.269. The van der Waals surface area contributed by atoms with Crippen LogP contribution >= 0.6 is 11.6 Å². The number of imidazole rings is 2. The second kappa shape index (κ2) is 8.47. The first kappa shape index (κ1) is 20.3. The van der Waals surface area contributed by atoms with Crippen LogP contribution in [0, 0.1) is 0 Å². The second-order valence-electron chi connectivity index (χ2n) is 7.85. The van der Waals surface area contributed by atoms with Gasteiger partial charge in [-0.05, 0) is 36.2 Å². The summed E-state index contributed by atoms with van der Waals surface area (Å²) in [6.07, 6.45) is 8.88. The topological polar surface area (TPSA) is 95.4 Å². The van der Waals surface area contributed by atoms with Crippen molar-refractivity contribution in [1.29, 1.82) is 0 Å². The van der Waals surface area contributed by atoms with E-state index in [9.17, 15) is 9.59 Å². The first-order valence-corrected chi connectivity index (χ1v) is 10.7. The molecule has 1 saturated heterocycles. The van der Waals surface area contributed by atoms with Gasteiger partial charge in [0.1, 0.15) is 5.69 Å². The highest BCUT2D eigenvalue weighted by molar-refractivity contribution is 6.30. The fourth-order valence-electron chi connectivity index (χ4n) is 4.32. The number of likely N-dealkylation sites (tertiary alicyclic amines) is 1. The monoisotopic (exact) mass is 448 g/mol. The standard InChI is InChI=1S/C23H21ClN6O2/c24-16-5-3-15(4-6-16)17-7-9-29(12-20(17)28-22(31)19-10-25-13-27-19)23(32)18-2-1-8-30-14-26-11-21(18)30/h1-6,8,10-11,13-14,17,20H,7,9,12H2,(H,25,27)(H,28,31). The summed E-state index contributed by atoms with van der Waals surface area (Å²) in [5, 5.41) is 3.76. The summed E-state index contributed by atoms with van der Waals surface area (Å²) < 4.78 is 1.82. The number of carbonyl (C=O) groups excluding carboxylic acids is 2. The highest BCUT2D eigenvalue weighted by Crippen LogP contribution is 2.30. The zero-order chi connectivity index (χ0) is 22.1. The van der Waals surface area contributed by atoms with Gasteiger partial charge in [-0.25, -0.2) is 9.97 Å². The van der Waals surface area contributed by atoms with Crippen LogP contribution in [-0.2, 0) is 0 Å². The summed E-state index contributed by atoms with van der Waals surface area (Å²) in [5.41, 5.74) is 2.81. The number of fused-ring (bicyclic) bond motifs is 1. The Balaban J connectivity index is 1.42. The summed E-state index contributed by atoms with van der Waals surface area (Å²) in [5.74, 6) is -0.279. The van der Waals surface area contributed by atoms with E-state index in [0.717, 1.165) is 11.1 Å². The van der Waals surface area contributed by atoms with Gasteiger partial charge in [-0.3, -0.25) is 9.59 Å². The Bertz CT molecular complexity index is 1250. The number of rotatable bonds is 4. The van der Waals surface area contributed by atoms with Gasteiger partial charge in [0, 0.05) is 30.2 Å². The number of aromatic amines is 1. The molecule has 0 saturated carbocycles. The van der Waals surface area contributed by atoms with Crippen molar-refractivity contribution in [2.24, 2.45) is 0 Å². The normalized spacial score (nSPS) is 18.6. The Morgan fingerprint density at radius 3 is 2.75 bits per heavy atom. The van der Waals surface area contributed by atoms with Gasteiger partial charge >= 0.3 is 0 Å². The number of pyridine rings is 1. The molecule has 1 fully saturated rings. The number of hydrogen-bond donors (Lipinski definition) is 2. The van der Waals surface area contributed by atoms with Gasteiger partial charge < -0.3 is 19.6 Å². The van der Waals surface area contributed by atoms with E-state index in [0.29, 0.717) is 35.8 Å². The van der Waals surface area contributed by atoms with Crippen LogP contribution in [0.4, 0.5) is 0 Å². The van der Waals surface area contributed by atoms with Crippen molar-refractivity contribution in [3.8, 4) is 0 Å². The van der Waals surface area contributed by atoms with Crippen molar-refractivity contribution in [3.05, 3.63) is 89.5 Å². The largest absolute Gasteiger partial charge is 0.346 e. The molecule has 2 amide bonds. The van der Waals surface area contributed by atoms with Crippen LogP contribution in [0.3, 0.4) is 0 Å². The minimum absolute atomic E-state index is 0.0500. The molecular formula is C23H21ClN6O2. The molecule has 5 rings (SSSR count). The van der Waals surface area contributed by atoms with Crippen LogP contribution in [0.15, 0.2) is 67.6 Å². The Morgan fingerprint density at radius 2 is 1.97 bits per heavy atom. The zero-order valence-electron chi connectivity index (χ0n) is 17.1. The molecule has 1 aliphatic rings. The first-order valence-electron chi connectivity index (χ1n) is 10.3. The van der Waals surface area contributed by atoms with Crippen LogP contribution in [0.2, 0.25) is 5.02 Å². The number of hydrogen-bond acceptors (Lipinski definition) is 4. The van der Waals surface area contributed by atoms with E-state index in [1.165, 1.54) is 12.5 Å². The molecule has 0 aliphatic carbocycles. The molecule has 1 aromatic carbocycles. The van der Waals surface area contributed by atoms with E-state index in [-0.39, 0.29) is 23.8 Å². The van der Waals surface area contributed by atoms with Crippen LogP contribution in [0.5, 0.6) is 0 Å². The molecular weight excluding hydrogens is 428 g/mol. The molecule has 2 atom stereocenters. The molecule has 4 heterocycles. The third-order valence-electron chi connectivity index (χ3n) is 5.94. The molecule has 4 aromatic rings. The molecule has 3 aromatic heterocycles. The maximum absolute atomic E-state index is 13.4. The predicted molar refractivity (Wildman–Crippen MR) is 120 cm³/mol. The van der Waals surface area contributed by atoms with E-state index in [1.54, 1.807) is 17.4 Å². The van der Waals surface area contributed by atoms with Crippen molar-refractivity contribution >= 4 is 28.9 Å². The first-order chi connectivity index (χ1) is 15.6. The number of amides is 2. The number of piperidine rings is 1. The SMILES string of the molecule is O=C(NC1CN(C(=O)c2cccn3cncc23)CCC1c1ccc(Cl)cc1)c1cnc[nH]1. The number of aromatic nitrogens is 4.